The highest BCUT2D eigenvalue weighted by Crippen LogP contribution is 2.42. The van der Waals surface area contributed by atoms with E-state index >= 15 is 0 Å². The number of hydrogen-bond acceptors (Lipinski definition) is 6. The summed E-state index contributed by atoms with van der Waals surface area (Å²) in [7, 11) is 0. The summed E-state index contributed by atoms with van der Waals surface area (Å²) in [4.78, 5) is 4.66. The maximum Gasteiger partial charge on any atom is 0.183 e. The topological polar surface area (TPSA) is 78.2 Å². The Morgan fingerprint density at radius 3 is 2.74 bits per heavy atom. The Hall–Kier alpha value is -2.88. The summed E-state index contributed by atoms with van der Waals surface area (Å²) in [6.07, 6.45) is -0.803. The second-order valence-corrected chi connectivity index (χ2v) is 7.90. The smallest absolute Gasteiger partial charge is 0.183 e. The minimum absolute atomic E-state index is 0.424. The standard InChI is InChI=1S/C21H19N3O2S/c1-21(2)19(25)18(15-10-13(11-22)8-9-17(15)26-21)24-20-23-16(12-27-20)14-6-4-3-5-7-14/h3-10,12,18-19,25H,1-2H3,(H,23,24)/t18-,19+/m0/s1. The molecule has 0 saturated carbocycles. The molecule has 0 fully saturated rings. The zero-order chi connectivity index (χ0) is 19.0. The molecule has 2 N–H and O–H groups in total. The van der Waals surface area contributed by atoms with Crippen LogP contribution in [0.15, 0.2) is 53.9 Å². The van der Waals surface area contributed by atoms with Gasteiger partial charge in [-0.2, -0.15) is 5.26 Å². The molecule has 27 heavy (non-hydrogen) atoms. The minimum Gasteiger partial charge on any atom is -0.485 e. The number of nitriles is 1. The maximum atomic E-state index is 10.9. The highest BCUT2D eigenvalue weighted by atomic mass is 32.1. The predicted octanol–water partition coefficient (Wildman–Crippen LogP) is 4.37. The molecule has 4 rings (SSSR count). The Balaban J connectivity index is 1.69. The molecule has 1 aromatic heterocycles. The van der Waals surface area contributed by atoms with E-state index in [1.165, 1.54) is 11.3 Å². The van der Waals surface area contributed by atoms with Crippen molar-refractivity contribution in [2.75, 3.05) is 5.32 Å². The molecule has 2 aromatic carbocycles. The number of thiazole rings is 1. The van der Waals surface area contributed by atoms with Crippen LogP contribution < -0.4 is 10.1 Å². The Kier molecular flexibility index (Phi) is 4.34. The summed E-state index contributed by atoms with van der Waals surface area (Å²) in [6, 6.07) is 16.9. The summed E-state index contributed by atoms with van der Waals surface area (Å²) in [5.41, 5.74) is 2.45. The third-order valence-electron chi connectivity index (χ3n) is 4.73. The zero-order valence-electron chi connectivity index (χ0n) is 15.0. The molecule has 0 bridgehead atoms. The molecule has 136 valence electrons. The third-order valence-corrected chi connectivity index (χ3v) is 5.50. The van der Waals surface area contributed by atoms with Crippen molar-refractivity contribution < 1.29 is 9.84 Å². The summed E-state index contributed by atoms with van der Waals surface area (Å²) >= 11 is 1.49. The monoisotopic (exact) mass is 377 g/mol. The minimum atomic E-state index is -0.803. The summed E-state index contributed by atoms with van der Waals surface area (Å²) in [5, 5.41) is 26.2. The molecule has 5 nitrogen and oxygen atoms in total. The molecule has 1 aliphatic heterocycles. The van der Waals surface area contributed by atoms with Gasteiger partial charge in [-0.05, 0) is 32.0 Å². The number of anilines is 1. The molecule has 1 aliphatic rings. The van der Waals surface area contributed by atoms with Gasteiger partial charge in [0, 0.05) is 16.5 Å². The maximum absolute atomic E-state index is 10.9. The van der Waals surface area contributed by atoms with E-state index in [9.17, 15) is 10.4 Å². The average molecular weight is 377 g/mol. The van der Waals surface area contributed by atoms with E-state index in [4.69, 9.17) is 4.74 Å². The molecule has 0 amide bonds. The number of benzene rings is 2. The molecule has 3 aromatic rings. The van der Waals surface area contributed by atoms with Gasteiger partial charge in [0.25, 0.3) is 0 Å². The van der Waals surface area contributed by atoms with E-state index in [0.29, 0.717) is 16.4 Å². The molecule has 0 aliphatic carbocycles. The van der Waals surface area contributed by atoms with Gasteiger partial charge < -0.3 is 15.2 Å². The number of nitrogens with zero attached hydrogens (tertiary/aromatic N) is 2. The fourth-order valence-corrected chi connectivity index (χ4v) is 4.00. The lowest BCUT2D eigenvalue weighted by Gasteiger charge is -2.42. The van der Waals surface area contributed by atoms with Crippen LogP contribution in [-0.2, 0) is 0 Å². The van der Waals surface area contributed by atoms with Crippen LogP contribution in [0.1, 0.15) is 31.0 Å². The molecular weight excluding hydrogens is 358 g/mol. The van der Waals surface area contributed by atoms with Gasteiger partial charge in [0.15, 0.2) is 5.13 Å². The van der Waals surface area contributed by atoms with Crippen LogP contribution in [0.3, 0.4) is 0 Å². The van der Waals surface area contributed by atoms with E-state index in [1.54, 1.807) is 18.2 Å². The number of aliphatic hydroxyl groups excluding tert-OH is 1. The van der Waals surface area contributed by atoms with Gasteiger partial charge in [0.2, 0.25) is 0 Å². The van der Waals surface area contributed by atoms with Crippen molar-refractivity contribution in [3.63, 3.8) is 0 Å². The van der Waals surface area contributed by atoms with E-state index < -0.39 is 17.7 Å². The van der Waals surface area contributed by atoms with Crippen LogP contribution in [0.4, 0.5) is 5.13 Å². The third kappa shape index (κ3) is 3.27. The summed E-state index contributed by atoms with van der Waals surface area (Å²) in [5.74, 6) is 0.668. The average Bonchev–Trinajstić information content (AvgIpc) is 3.14. The number of nitrogens with one attached hydrogen (secondary N) is 1. The van der Waals surface area contributed by atoms with E-state index in [2.05, 4.69) is 16.4 Å². The SMILES string of the molecule is CC1(C)Oc2ccc(C#N)cc2[C@H](Nc2nc(-c3ccccc3)cs2)[C@H]1O. The van der Waals surface area contributed by atoms with Gasteiger partial charge in [-0.25, -0.2) is 4.98 Å². The Morgan fingerprint density at radius 2 is 2.00 bits per heavy atom. The van der Waals surface area contributed by atoms with Crippen LogP contribution in [-0.4, -0.2) is 21.8 Å². The van der Waals surface area contributed by atoms with Crippen molar-refractivity contribution in [1.82, 2.24) is 4.98 Å². The second kappa shape index (κ2) is 6.69. The quantitative estimate of drug-likeness (QED) is 0.709. The number of fused-ring (bicyclic) bond motifs is 1. The Bertz CT molecular complexity index is 1010. The molecular formula is C21H19N3O2S. The number of aromatic nitrogens is 1. The molecule has 0 unspecified atom stereocenters. The second-order valence-electron chi connectivity index (χ2n) is 7.04. The lowest BCUT2D eigenvalue weighted by Crippen LogP contribution is -2.50. The molecule has 2 atom stereocenters. The van der Waals surface area contributed by atoms with Crippen molar-refractivity contribution in [1.29, 1.82) is 5.26 Å². The summed E-state index contributed by atoms with van der Waals surface area (Å²) in [6.45, 7) is 3.70. The lowest BCUT2D eigenvalue weighted by molar-refractivity contribution is -0.0532. The largest absolute Gasteiger partial charge is 0.485 e. The Morgan fingerprint density at radius 1 is 1.22 bits per heavy atom. The van der Waals surface area contributed by atoms with Gasteiger partial charge in [-0.3, -0.25) is 0 Å². The van der Waals surface area contributed by atoms with Crippen LogP contribution >= 0.6 is 11.3 Å². The van der Waals surface area contributed by atoms with Crippen LogP contribution in [0.2, 0.25) is 0 Å². The first-order valence-electron chi connectivity index (χ1n) is 8.66. The van der Waals surface area contributed by atoms with Crippen LogP contribution in [0.5, 0.6) is 5.75 Å². The van der Waals surface area contributed by atoms with Crippen LogP contribution in [0.25, 0.3) is 11.3 Å². The van der Waals surface area contributed by atoms with Crippen molar-refractivity contribution >= 4 is 16.5 Å². The van der Waals surface area contributed by atoms with Crippen molar-refractivity contribution in [3.05, 3.63) is 65.0 Å². The first-order valence-corrected chi connectivity index (χ1v) is 9.54. The molecule has 0 spiro atoms. The van der Waals surface area contributed by atoms with Gasteiger partial charge in [-0.1, -0.05) is 30.3 Å². The van der Waals surface area contributed by atoms with E-state index in [1.807, 2.05) is 49.6 Å². The first kappa shape index (κ1) is 17.5. The molecule has 0 saturated heterocycles. The van der Waals surface area contributed by atoms with Crippen molar-refractivity contribution in [3.8, 4) is 23.1 Å². The fourth-order valence-electron chi connectivity index (χ4n) is 3.24. The lowest BCUT2D eigenvalue weighted by atomic mass is 9.86. The fraction of sp³-hybridized carbons (Fsp3) is 0.238. The van der Waals surface area contributed by atoms with Crippen LogP contribution in [0, 0.1) is 11.3 Å². The van der Waals surface area contributed by atoms with Gasteiger partial charge in [-0.15, -0.1) is 11.3 Å². The molecule has 6 heteroatoms. The van der Waals surface area contributed by atoms with Gasteiger partial charge >= 0.3 is 0 Å². The summed E-state index contributed by atoms with van der Waals surface area (Å²) < 4.78 is 5.96. The van der Waals surface area contributed by atoms with Gasteiger partial charge in [0.1, 0.15) is 17.5 Å². The zero-order valence-corrected chi connectivity index (χ0v) is 15.8. The Labute approximate surface area is 161 Å². The van der Waals surface area contributed by atoms with Crippen molar-refractivity contribution in [2.24, 2.45) is 0 Å². The number of ether oxygens (including phenoxy) is 1. The van der Waals surface area contributed by atoms with E-state index in [0.717, 1.165) is 16.8 Å². The normalized spacial score (nSPS) is 20.2. The predicted molar refractivity (Wildman–Crippen MR) is 106 cm³/mol. The molecule has 0 radical (unpaired) electrons. The van der Waals surface area contributed by atoms with Crippen molar-refractivity contribution in [2.45, 2.75) is 31.6 Å². The number of rotatable bonds is 3. The number of hydrogen-bond donors (Lipinski definition) is 2. The van der Waals surface area contributed by atoms with Gasteiger partial charge in [0.05, 0.1) is 23.4 Å². The highest BCUT2D eigenvalue weighted by molar-refractivity contribution is 7.14. The molecule has 2 heterocycles. The highest BCUT2D eigenvalue weighted by Gasteiger charge is 2.43. The number of aliphatic hydroxyl groups is 1. The van der Waals surface area contributed by atoms with E-state index in [-0.39, 0.29) is 0 Å². The first-order chi connectivity index (χ1) is 13.0.